The quantitative estimate of drug-likeness (QED) is 0.558. The second-order valence-electron chi connectivity index (χ2n) is 7.63. The van der Waals surface area contributed by atoms with Gasteiger partial charge in [-0.15, -0.1) is 0 Å². The number of hydrogen-bond acceptors (Lipinski definition) is 4. The molecule has 5 nitrogen and oxygen atoms in total. The maximum Gasteiger partial charge on any atom is 0.159 e. The van der Waals surface area contributed by atoms with Crippen molar-refractivity contribution in [2.75, 3.05) is 13.1 Å². The maximum atomic E-state index is 13.9. The molecule has 1 aliphatic rings. The first-order valence-corrected chi connectivity index (χ1v) is 9.86. The molecule has 0 amide bonds. The van der Waals surface area contributed by atoms with Gasteiger partial charge in [0, 0.05) is 49.4 Å². The second kappa shape index (κ2) is 7.59. The highest BCUT2D eigenvalue weighted by molar-refractivity contribution is 5.92. The van der Waals surface area contributed by atoms with Crippen molar-refractivity contribution in [3.63, 3.8) is 0 Å². The molecular weight excluding hydrogens is 386 g/mol. The van der Waals surface area contributed by atoms with Crippen molar-refractivity contribution in [1.29, 1.82) is 0 Å². The lowest BCUT2D eigenvalue weighted by Gasteiger charge is -2.14. The zero-order valence-electron chi connectivity index (χ0n) is 16.2. The van der Waals surface area contributed by atoms with Crippen molar-refractivity contribution in [2.45, 2.75) is 19.1 Å². The smallest absolute Gasteiger partial charge is 0.159 e. The van der Waals surface area contributed by atoms with E-state index < -0.39 is 11.6 Å². The summed E-state index contributed by atoms with van der Waals surface area (Å²) in [5, 5.41) is 14.5. The summed E-state index contributed by atoms with van der Waals surface area (Å²) >= 11 is 0. The van der Waals surface area contributed by atoms with Crippen molar-refractivity contribution in [1.82, 2.24) is 19.5 Å². The third-order valence-corrected chi connectivity index (χ3v) is 5.51. The molecule has 4 aromatic rings. The van der Waals surface area contributed by atoms with Gasteiger partial charge in [-0.05, 0) is 53.9 Å². The molecule has 1 N–H and O–H groups in total. The molecule has 1 aliphatic heterocycles. The highest BCUT2D eigenvalue weighted by Crippen LogP contribution is 2.35. The van der Waals surface area contributed by atoms with Crippen LogP contribution in [-0.2, 0) is 6.54 Å². The van der Waals surface area contributed by atoms with Gasteiger partial charge < -0.3 is 5.11 Å². The monoisotopic (exact) mass is 406 g/mol. The number of nitrogens with zero attached hydrogens (tertiary/aromatic N) is 4. The summed E-state index contributed by atoms with van der Waals surface area (Å²) in [6, 6.07) is 11.6. The summed E-state index contributed by atoms with van der Waals surface area (Å²) in [5.41, 5.74) is 4.76. The molecule has 4 heterocycles. The van der Waals surface area contributed by atoms with Crippen LogP contribution in [0.25, 0.3) is 27.9 Å². The van der Waals surface area contributed by atoms with Gasteiger partial charge in [0.05, 0.1) is 11.6 Å². The van der Waals surface area contributed by atoms with E-state index in [1.807, 2.05) is 30.5 Å². The molecule has 3 aromatic heterocycles. The van der Waals surface area contributed by atoms with Crippen molar-refractivity contribution in [3.05, 3.63) is 78.3 Å². The van der Waals surface area contributed by atoms with Crippen LogP contribution in [0.4, 0.5) is 8.78 Å². The van der Waals surface area contributed by atoms with Gasteiger partial charge in [0.15, 0.2) is 11.6 Å². The first-order valence-electron chi connectivity index (χ1n) is 9.86. The maximum absolute atomic E-state index is 13.9. The number of pyridine rings is 2. The molecule has 1 fully saturated rings. The number of aliphatic hydroxyl groups excluding tert-OH is 1. The first kappa shape index (κ1) is 18.8. The van der Waals surface area contributed by atoms with Gasteiger partial charge in [0.1, 0.15) is 5.69 Å². The molecule has 0 saturated carbocycles. The van der Waals surface area contributed by atoms with E-state index in [-0.39, 0.29) is 6.10 Å². The fourth-order valence-electron chi connectivity index (χ4n) is 4.05. The van der Waals surface area contributed by atoms with E-state index in [4.69, 9.17) is 5.10 Å². The SMILES string of the molecule is O[C@@H]1CCN(Cc2ccc3c(-c4ccncc4)c(-c4ccc(F)c(F)c4)nn3c2)C1. The fraction of sp³-hybridized carbons (Fsp3) is 0.217. The Balaban J connectivity index is 1.63. The average Bonchev–Trinajstić information content (AvgIpc) is 3.33. The normalized spacial score (nSPS) is 17.1. The Kier molecular flexibility index (Phi) is 4.77. The predicted octanol–water partition coefficient (Wildman–Crippen LogP) is 3.91. The number of rotatable bonds is 4. The Morgan fingerprint density at radius 1 is 1.00 bits per heavy atom. The number of halogens is 2. The molecule has 1 aromatic carbocycles. The number of aromatic nitrogens is 3. The van der Waals surface area contributed by atoms with Gasteiger partial charge in [-0.1, -0.05) is 6.07 Å². The van der Waals surface area contributed by atoms with E-state index in [9.17, 15) is 13.9 Å². The summed E-state index contributed by atoms with van der Waals surface area (Å²) in [5.74, 6) is -1.79. The number of benzene rings is 1. The van der Waals surface area contributed by atoms with Crippen LogP contribution in [0.5, 0.6) is 0 Å². The van der Waals surface area contributed by atoms with Crippen LogP contribution in [0, 0.1) is 11.6 Å². The zero-order chi connectivity index (χ0) is 20.7. The molecule has 0 unspecified atom stereocenters. The topological polar surface area (TPSA) is 53.7 Å². The van der Waals surface area contributed by atoms with E-state index in [2.05, 4.69) is 9.88 Å². The molecule has 1 atom stereocenters. The van der Waals surface area contributed by atoms with E-state index in [1.165, 1.54) is 12.1 Å². The van der Waals surface area contributed by atoms with Gasteiger partial charge in [0.2, 0.25) is 0 Å². The second-order valence-corrected chi connectivity index (χ2v) is 7.63. The largest absolute Gasteiger partial charge is 0.392 e. The van der Waals surface area contributed by atoms with Gasteiger partial charge in [0.25, 0.3) is 0 Å². The van der Waals surface area contributed by atoms with E-state index in [0.29, 0.717) is 17.8 Å². The van der Waals surface area contributed by atoms with E-state index >= 15 is 0 Å². The van der Waals surface area contributed by atoms with Crippen molar-refractivity contribution < 1.29 is 13.9 Å². The summed E-state index contributed by atoms with van der Waals surface area (Å²) < 4.78 is 29.2. The molecule has 0 spiro atoms. The predicted molar refractivity (Wildman–Crippen MR) is 110 cm³/mol. The summed E-state index contributed by atoms with van der Waals surface area (Å²) in [6.07, 6.45) is 5.86. The van der Waals surface area contributed by atoms with Crippen molar-refractivity contribution in [3.8, 4) is 22.4 Å². The summed E-state index contributed by atoms with van der Waals surface area (Å²) in [4.78, 5) is 6.28. The Hall–Kier alpha value is -3.16. The average molecular weight is 406 g/mol. The minimum Gasteiger partial charge on any atom is -0.392 e. The van der Waals surface area contributed by atoms with Crippen LogP contribution in [0.1, 0.15) is 12.0 Å². The molecule has 30 heavy (non-hydrogen) atoms. The zero-order valence-corrected chi connectivity index (χ0v) is 16.2. The Labute approximate surface area is 172 Å². The molecule has 1 saturated heterocycles. The lowest BCUT2D eigenvalue weighted by atomic mass is 10.0. The van der Waals surface area contributed by atoms with Crippen LogP contribution >= 0.6 is 0 Å². The lowest BCUT2D eigenvalue weighted by Crippen LogP contribution is -2.21. The van der Waals surface area contributed by atoms with E-state index in [1.54, 1.807) is 16.9 Å². The highest BCUT2D eigenvalue weighted by atomic mass is 19.2. The Morgan fingerprint density at radius 3 is 2.57 bits per heavy atom. The van der Waals surface area contributed by atoms with Crippen molar-refractivity contribution in [2.24, 2.45) is 0 Å². The minimum atomic E-state index is -0.904. The number of likely N-dealkylation sites (tertiary alicyclic amines) is 1. The highest BCUT2D eigenvalue weighted by Gasteiger charge is 2.21. The molecule has 5 rings (SSSR count). The molecule has 0 aliphatic carbocycles. The number of hydrogen-bond donors (Lipinski definition) is 1. The van der Waals surface area contributed by atoms with Gasteiger partial charge >= 0.3 is 0 Å². The molecule has 0 radical (unpaired) electrons. The van der Waals surface area contributed by atoms with Gasteiger partial charge in [-0.25, -0.2) is 13.3 Å². The summed E-state index contributed by atoms with van der Waals surface area (Å²) in [6.45, 7) is 2.25. The van der Waals surface area contributed by atoms with Gasteiger partial charge in [-0.2, -0.15) is 5.10 Å². The molecule has 152 valence electrons. The third kappa shape index (κ3) is 3.46. The van der Waals surface area contributed by atoms with E-state index in [0.717, 1.165) is 47.8 Å². The summed E-state index contributed by atoms with van der Waals surface area (Å²) in [7, 11) is 0. The Bertz CT molecular complexity index is 1210. The fourth-order valence-corrected chi connectivity index (χ4v) is 4.05. The van der Waals surface area contributed by atoms with Crippen LogP contribution in [0.2, 0.25) is 0 Å². The number of β-amino-alcohol motifs (C(OH)–C–C–N with tert-alkyl or cyclic N) is 1. The number of fused-ring (bicyclic) bond motifs is 1. The molecular formula is C23H20F2N4O. The van der Waals surface area contributed by atoms with Crippen LogP contribution < -0.4 is 0 Å². The standard InChI is InChI=1S/C23H20F2N4O/c24-19-3-2-17(11-20(19)25)23-22(16-5-8-26-9-6-16)21-4-1-15(13-29(21)27-23)12-28-10-7-18(30)14-28/h1-6,8-9,11,13,18,30H,7,10,12,14H2/t18-/m1/s1. The molecule has 7 heteroatoms. The third-order valence-electron chi connectivity index (χ3n) is 5.51. The lowest BCUT2D eigenvalue weighted by molar-refractivity contribution is 0.174. The van der Waals surface area contributed by atoms with Crippen LogP contribution in [0.15, 0.2) is 61.1 Å². The van der Waals surface area contributed by atoms with Crippen LogP contribution in [0.3, 0.4) is 0 Å². The van der Waals surface area contributed by atoms with Crippen molar-refractivity contribution >= 4 is 5.52 Å². The first-order chi connectivity index (χ1) is 14.6. The van der Waals surface area contributed by atoms with Gasteiger partial charge in [-0.3, -0.25) is 9.88 Å². The van der Waals surface area contributed by atoms with Crippen LogP contribution in [-0.4, -0.2) is 43.8 Å². The Morgan fingerprint density at radius 2 is 1.83 bits per heavy atom. The molecule has 0 bridgehead atoms. The minimum absolute atomic E-state index is 0.267. The number of aliphatic hydroxyl groups is 1.